The van der Waals surface area contributed by atoms with Crippen molar-refractivity contribution < 1.29 is 14.6 Å². The normalized spacial score (nSPS) is 10.8. The summed E-state index contributed by atoms with van der Waals surface area (Å²) in [5.41, 5.74) is 0.722. The van der Waals surface area contributed by atoms with Crippen LogP contribution in [-0.2, 0) is 11.3 Å². The van der Waals surface area contributed by atoms with Gasteiger partial charge < -0.3 is 9.84 Å². The van der Waals surface area contributed by atoms with Gasteiger partial charge in [0.25, 0.3) is 0 Å². The summed E-state index contributed by atoms with van der Waals surface area (Å²) in [6.45, 7) is 2.61. The number of aromatic nitrogens is 3. The molecule has 0 amide bonds. The van der Waals surface area contributed by atoms with Gasteiger partial charge in [0.2, 0.25) is 5.88 Å². The van der Waals surface area contributed by atoms with Crippen molar-refractivity contribution in [2.75, 3.05) is 6.61 Å². The Morgan fingerprint density at radius 3 is 3.06 bits per heavy atom. The molecule has 0 bridgehead atoms. The monoisotopic (exact) mass is 269 g/mol. The molecule has 0 saturated carbocycles. The number of hydrogen-bond acceptors (Lipinski definition) is 4. The van der Waals surface area contributed by atoms with Gasteiger partial charge in [-0.2, -0.15) is 5.10 Å². The Balaban J connectivity index is 2.41. The molecule has 6 nitrogen and oxygen atoms in total. The van der Waals surface area contributed by atoms with Gasteiger partial charge in [0.1, 0.15) is 5.15 Å². The van der Waals surface area contributed by atoms with Crippen LogP contribution in [0.25, 0.3) is 10.9 Å². The second kappa shape index (κ2) is 5.22. The molecule has 2 heterocycles. The summed E-state index contributed by atoms with van der Waals surface area (Å²) in [6, 6.07) is 1.65. The Kier molecular flexibility index (Phi) is 3.66. The number of rotatable bonds is 5. The Bertz CT molecular complexity index is 582. The highest BCUT2D eigenvalue weighted by molar-refractivity contribution is 6.30. The van der Waals surface area contributed by atoms with E-state index >= 15 is 0 Å². The van der Waals surface area contributed by atoms with E-state index in [-0.39, 0.29) is 13.0 Å². The van der Waals surface area contributed by atoms with Crippen molar-refractivity contribution in [3.63, 3.8) is 0 Å². The molecule has 0 aliphatic carbocycles. The van der Waals surface area contributed by atoms with Crippen molar-refractivity contribution >= 4 is 28.5 Å². The number of aliphatic carboxylic acids is 1. The maximum atomic E-state index is 10.6. The molecule has 0 fully saturated rings. The van der Waals surface area contributed by atoms with Gasteiger partial charge in [0, 0.05) is 6.07 Å². The minimum atomic E-state index is -0.871. The lowest BCUT2D eigenvalue weighted by Crippen LogP contribution is -2.05. The first-order valence-corrected chi connectivity index (χ1v) is 5.86. The van der Waals surface area contributed by atoms with Gasteiger partial charge >= 0.3 is 5.97 Å². The van der Waals surface area contributed by atoms with Gasteiger partial charge in [-0.15, -0.1) is 0 Å². The topological polar surface area (TPSA) is 77.2 Å². The number of carboxylic acids is 1. The van der Waals surface area contributed by atoms with Crippen LogP contribution in [0.15, 0.2) is 12.3 Å². The number of ether oxygens (including phenoxy) is 1. The molecule has 18 heavy (non-hydrogen) atoms. The van der Waals surface area contributed by atoms with Crippen LogP contribution in [-0.4, -0.2) is 32.4 Å². The summed E-state index contributed by atoms with van der Waals surface area (Å²) in [7, 11) is 0. The minimum Gasteiger partial charge on any atom is -0.481 e. The Morgan fingerprint density at radius 1 is 1.61 bits per heavy atom. The van der Waals surface area contributed by atoms with Crippen LogP contribution >= 0.6 is 11.6 Å². The standard InChI is InChI=1S/C11H12ClN3O3/c1-2-18-11-7-6-13-15(4-3-10(16)17)8(7)5-9(12)14-11/h5-6H,2-4H2,1H3,(H,16,17). The van der Waals surface area contributed by atoms with Crippen LogP contribution < -0.4 is 4.74 Å². The molecule has 0 radical (unpaired) electrons. The van der Waals surface area contributed by atoms with Crippen LogP contribution in [0, 0.1) is 0 Å². The number of halogens is 1. The van der Waals surface area contributed by atoms with Crippen molar-refractivity contribution in [3.8, 4) is 5.88 Å². The Morgan fingerprint density at radius 2 is 2.39 bits per heavy atom. The van der Waals surface area contributed by atoms with Gasteiger partial charge in [-0.1, -0.05) is 11.6 Å². The molecular weight excluding hydrogens is 258 g/mol. The zero-order chi connectivity index (χ0) is 13.1. The van der Waals surface area contributed by atoms with E-state index in [1.54, 1.807) is 16.9 Å². The summed E-state index contributed by atoms with van der Waals surface area (Å²) >= 11 is 5.90. The maximum absolute atomic E-state index is 10.6. The molecule has 0 unspecified atom stereocenters. The Labute approximate surface area is 108 Å². The third-order valence-electron chi connectivity index (χ3n) is 2.39. The van der Waals surface area contributed by atoms with Crippen LogP contribution in [0.3, 0.4) is 0 Å². The van der Waals surface area contributed by atoms with Gasteiger partial charge in [0.05, 0.1) is 36.7 Å². The largest absolute Gasteiger partial charge is 0.481 e. The molecule has 0 aromatic carbocycles. The highest BCUT2D eigenvalue weighted by Crippen LogP contribution is 2.26. The minimum absolute atomic E-state index is 0.000685. The summed E-state index contributed by atoms with van der Waals surface area (Å²) in [6.07, 6.45) is 1.60. The zero-order valence-electron chi connectivity index (χ0n) is 9.76. The van der Waals surface area contributed by atoms with Crippen molar-refractivity contribution in [1.82, 2.24) is 14.8 Å². The first kappa shape index (κ1) is 12.6. The van der Waals surface area contributed by atoms with E-state index in [0.717, 1.165) is 10.9 Å². The van der Waals surface area contributed by atoms with Crippen LogP contribution in [0.5, 0.6) is 5.88 Å². The fourth-order valence-electron chi connectivity index (χ4n) is 1.64. The maximum Gasteiger partial charge on any atom is 0.305 e. The van der Waals surface area contributed by atoms with E-state index in [2.05, 4.69) is 10.1 Å². The lowest BCUT2D eigenvalue weighted by molar-refractivity contribution is -0.137. The third-order valence-corrected chi connectivity index (χ3v) is 2.59. The predicted molar refractivity (Wildman–Crippen MR) is 66.0 cm³/mol. The Hall–Kier alpha value is -1.82. The first-order valence-electron chi connectivity index (χ1n) is 5.48. The zero-order valence-corrected chi connectivity index (χ0v) is 10.5. The fraction of sp³-hybridized carbons (Fsp3) is 0.364. The molecule has 7 heteroatoms. The number of pyridine rings is 1. The smallest absolute Gasteiger partial charge is 0.305 e. The van der Waals surface area contributed by atoms with E-state index < -0.39 is 5.97 Å². The van der Waals surface area contributed by atoms with E-state index in [4.69, 9.17) is 21.4 Å². The second-order valence-corrected chi connectivity index (χ2v) is 4.01. The van der Waals surface area contributed by atoms with E-state index in [1.807, 2.05) is 6.92 Å². The number of carbonyl (C=O) groups is 1. The number of aryl methyl sites for hydroxylation is 1. The van der Waals surface area contributed by atoms with Gasteiger partial charge in [0.15, 0.2) is 0 Å². The van der Waals surface area contributed by atoms with Crippen LogP contribution in [0.4, 0.5) is 0 Å². The number of fused-ring (bicyclic) bond motifs is 1. The summed E-state index contributed by atoms with van der Waals surface area (Å²) in [4.78, 5) is 14.6. The highest BCUT2D eigenvalue weighted by atomic mass is 35.5. The molecule has 0 spiro atoms. The van der Waals surface area contributed by atoms with Gasteiger partial charge in [-0.3, -0.25) is 9.48 Å². The predicted octanol–water partition coefficient (Wildman–Crippen LogP) is 1.96. The molecule has 2 aromatic rings. The quantitative estimate of drug-likeness (QED) is 0.840. The van der Waals surface area contributed by atoms with Crippen molar-refractivity contribution in [2.24, 2.45) is 0 Å². The van der Waals surface area contributed by atoms with E-state index in [1.165, 1.54) is 0 Å². The number of hydrogen-bond donors (Lipinski definition) is 1. The molecular formula is C11H12ClN3O3. The molecule has 0 aliphatic heterocycles. The van der Waals surface area contributed by atoms with E-state index in [9.17, 15) is 4.79 Å². The number of carboxylic acid groups (broad SMARTS) is 1. The molecule has 1 N–H and O–H groups in total. The second-order valence-electron chi connectivity index (χ2n) is 3.63. The number of nitrogens with zero attached hydrogens (tertiary/aromatic N) is 3. The average molecular weight is 270 g/mol. The van der Waals surface area contributed by atoms with Crippen molar-refractivity contribution in [2.45, 2.75) is 19.9 Å². The van der Waals surface area contributed by atoms with Crippen molar-refractivity contribution in [1.29, 1.82) is 0 Å². The SMILES string of the molecule is CCOc1nc(Cl)cc2c1cnn2CCC(=O)O. The molecule has 0 atom stereocenters. The lowest BCUT2D eigenvalue weighted by Gasteiger charge is -2.05. The average Bonchev–Trinajstić information content (AvgIpc) is 2.70. The van der Waals surface area contributed by atoms with Crippen LogP contribution in [0.2, 0.25) is 5.15 Å². The highest BCUT2D eigenvalue weighted by Gasteiger charge is 2.12. The van der Waals surface area contributed by atoms with Crippen molar-refractivity contribution in [3.05, 3.63) is 17.4 Å². The summed E-state index contributed by atoms with van der Waals surface area (Å²) in [5, 5.41) is 13.8. The van der Waals surface area contributed by atoms with E-state index in [0.29, 0.717) is 17.6 Å². The molecule has 0 aliphatic rings. The molecule has 96 valence electrons. The first-order chi connectivity index (χ1) is 8.61. The fourth-order valence-corrected chi connectivity index (χ4v) is 1.82. The molecule has 2 aromatic heterocycles. The lowest BCUT2D eigenvalue weighted by atomic mass is 10.3. The van der Waals surface area contributed by atoms with Gasteiger partial charge in [-0.05, 0) is 6.92 Å². The summed E-state index contributed by atoms with van der Waals surface area (Å²) < 4.78 is 6.96. The van der Waals surface area contributed by atoms with Gasteiger partial charge in [-0.25, -0.2) is 4.98 Å². The van der Waals surface area contributed by atoms with Crippen LogP contribution in [0.1, 0.15) is 13.3 Å². The molecule has 2 rings (SSSR count). The summed E-state index contributed by atoms with van der Waals surface area (Å²) in [5.74, 6) is -0.453. The third kappa shape index (κ3) is 2.53. The molecule has 0 saturated heterocycles.